The standard InChI is InChI=1S/C15H14ClFN2/c1-10(12-5-3-4-6-14(12)17)19-15-9-11(18-2)7-8-13(15)16/h3-9,18-19H,1H2,2H3. The van der Waals surface area contributed by atoms with Crippen molar-refractivity contribution in [2.45, 2.75) is 0 Å². The van der Waals surface area contributed by atoms with Gasteiger partial charge in [-0.1, -0.05) is 30.3 Å². The van der Waals surface area contributed by atoms with Crippen LogP contribution in [0, 0.1) is 5.82 Å². The molecule has 2 N–H and O–H groups in total. The molecule has 0 aliphatic heterocycles. The van der Waals surface area contributed by atoms with Gasteiger partial charge in [0, 0.05) is 24.0 Å². The third-order valence-corrected chi connectivity index (χ3v) is 3.07. The molecule has 0 radical (unpaired) electrons. The molecule has 2 aromatic rings. The van der Waals surface area contributed by atoms with Crippen molar-refractivity contribution < 1.29 is 4.39 Å². The van der Waals surface area contributed by atoms with E-state index in [0.29, 0.717) is 22.0 Å². The van der Waals surface area contributed by atoms with Gasteiger partial charge in [-0.15, -0.1) is 0 Å². The van der Waals surface area contributed by atoms with Gasteiger partial charge in [0.1, 0.15) is 5.82 Å². The van der Waals surface area contributed by atoms with E-state index in [1.54, 1.807) is 24.3 Å². The average Bonchev–Trinajstić information content (AvgIpc) is 2.41. The van der Waals surface area contributed by atoms with Gasteiger partial charge in [0.15, 0.2) is 0 Å². The topological polar surface area (TPSA) is 24.1 Å². The first-order valence-electron chi connectivity index (χ1n) is 5.80. The molecule has 0 fully saturated rings. The predicted octanol–water partition coefficient (Wildman–Crippen LogP) is 4.60. The summed E-state index contributed by atoms with van der Waals surface area (Å²) in [6.45, 7) is 3.85. The van der Waals surface area contributed by atoms with Crippen LogP contribution in [0.25, 0.3) is 5.70 Å². The third-order valence-electron chi connectivity index (χ3n) is 2.74. The maximum atomic E-state index is 13.6. The van der Waals surface area contributed by atoms with Gasteiger partial charge in [-0.2, -0.15) is 0 Å². The van der Waals surface area contributed by atoms with Gasteiger partial charge in [0.05, 0.1) is 10.7 Å². The number of nitrogens with one attached hydrogen (secondary N) is 2. The molecule has 0 aliphatic rings. The fourth-order valence-electron chi connectivity index (χ4n) is 1.71. The van der Waals surface area contributed by atoms with Crippen LogP contribution in [0.5, 0.6) is 0 Å². The lowest BCUT2D eigenvalue weighted by Crippen LogP contribution is -2.01. The Hall–Kier alpha value is -2.00. The van der Waals surface area contributed by atoms with Gasteiger partial charge >= 0.3 is 0 Å². The van der Waals surface area contributed by atoms with Crippen LogP contribution in [0.1, 0.15) is 5.56 Å². The number of hydrogen-bond donors (Lipinski definition) is 2. The summed E-state index contributed by atoms with van der Waals surface area (Å²) in [6, 6.07) is 11.9. The molecule has 98 valence electrons. The quantitative estimate of drug-likeness (QED) is 0.852. The summed E-state index contributed by atoms with van der Waals surface area (Å²) in [7, 11) is 1.82. The summed E-state index contributed by atoms with van der Waals surface area (Å²) in [5.41, 5.74) is 2.48. The van der Waals surface area contributed by atoms with Crippen molar-refractivity contribution >= 4 is 28.7 Å². The molecule has 0 unspecified atom stereocenters. The number of anilines is 2. The zero-order valence-corrected chi connectivity index (χ0v) is 11.3. The molecule has 0 bridgehead atoms. The summed E-state index contributed by atoms with van der Waals surface area (Å²) in [5.74, 6) is -0.319. The van der Waals surface area contributed by atoms with Crippen molar-refractivity contribution in [3.8, 4) is 0 Å². The molecule has 2 rings (SSSR count). The second kappa shape index (κ2) is 5.76. The molecule has 2 nitrogen and oxygen atoms in total. The molecule has 0 amide bonds. The van der Waals surface area contributed by atoms with Gasteiger partial charge in [-0.25, -0.2) is 4.39 Å². The highest BCUT2D eigenvalue weighted by molar-refractivity contribution is 6.33. The first-order chi connectivity index (χ1) is 9.11. The van der Waals surface area contributed by atoms with E-state index in [1.807, 2.05) is 19.2 Å². The average molecular weight is 277 g/mol. The SMILES string of the molecule is C=C(Nc1cc(NC)ccc1Cl)c1ccccc1F. The molecule has 0 saturated heterocycles. The van der Waals surface area contributed by atoms with Gasteiger partial charge in [-0.3, -0.25) is 0 Å². The first-order valence-corrected chi connectivity index (χ1v) is 6.17. The molecule has 0 spiro atoms. The van der Waals surface area contributed by atoms with E-state index in [-0.39, 0.29) is 5.82 Å². The van der Waals surface area contributed by atoms with Crippen LogP contribution in [-0.2, 0) is 0 Å². The monoisotopic (exact) mass is 276 g/mol. The summed E-state index contributed by atoms with van der Waals surface area (Å²) < 4.78 is 13.6. The minimum Gasteiger partial charge on any atom is -0.388 e. The number of benzene rings is 2. The van der Waals surface area contributed by atoms with Crippen molar-refractivity contribution in [2.24, 2.45) is 0 Å². The van der Waals surface area contributed by atoms with Crippen LogP contribution >= 0.6 is 11.6 Å². The maximum absolute atomic E-state index is 13.6. The molecule has 0 heterocycles. The highest BCUT2D eigenvalue weighted by Gasteiger charge is 2.07. The summed E-state index contributed by atoms with van der Waals surface area (Å²) in [5, 5.41) is 6.60. The zero-order chi connectivity index (χ0) is 13.8. The first kappa shape index (κ1) is 13.4. The third kappa shape index (κ3) is 3.06. The summed E-state index contributed by atoms with van der Waals surface area (Å²) in [6.07, 6.45) is 0. The van der Waals surface area contributed by atoms with Crippen molar-refractivity contribution in [3.63, 3.8) is 0 Å². The Morgan fingerprint density at radius 1 is 1.21 bits per heavy atom. The van der Waals surface area contributed by atoms with Crippen molar-refractivity contribution in [1.29, 1.82) is 0 Å². The van der Waals surface area contributed by atoms with Crippen LogP contribution < -0.4 is 10.6 Å². The lowest BCUT2D eigenvalue weighted by Gasteiger charge is -2.13. The van der Waals surface area contributed by atoms with E-state index in [2.05, 4.69) is 17.2 Å². The van der Waals surface area contributed by atoms with E-state index in [4.69, 9.17) is 11.6 Å². The number of rotatable bonds is 4. The minimum atomic E-state index is -0.319. The smallest absolute Gasteiger partial charge is 0.132 e. The highest BCUT2D eigenvalue weighted by atomic mass is 35.5. The van der Waals surface area contributed by atoms with Crippen LogP contribution in [0.15, 0.2) is 49.0 Å². The highest BCUT2D eigenvalue weighted by Crippen LogP contribution is 2.28. The van der Waals surface area contributed by atoms with Crippen LogP contribution in [0.3, 0.4) is 0 Å². The second-order valence-corrected chi connectivity index (χ2v) is 4.44. The molecular weight excluding hydrogens is 263 g/mol. The van der Waals surface area contributed by atoms with Crippen LogP contribution in [0.4, 0.5) is 15.8 Å². The van der Waals surface area contributed by atoms with E-state index in [9.17, 15) is 4.39 Å². The Balaban J connectivity index is 2.26. The Labute approximate surface area is 116 Å². The summed E-state index contributed by atoms with van der Waals surface area (Å²) in [4.78, 5) is 0. The molecule has 19 heavy (non-hydrogen) atoms. The van der Waals surface area contributed by atoms with E-state index in [1.165, 1.54) is 6.07 Å². The summed E-state index contributed by atoms with van der Waals surface area (Å²) >= 11 is 6.10. The molecule has 2 aromatic carbocycles. The Bertz CT molecular complexity index is 611. The molecular formula is C15H14ClFN2. The largest absolute Gasteiger partial charge is 0.388 e. The van der Waals surface area contributed by atoms with E-state index in [0.717, 1.165) is 5.69 Å². The minimum absolute atomic E-state index is 0.319. The lowest BCUT2D eigenvalue weighted by molar-refractivity contribution is 0.624. The van der Waals surface area contributed by atoms with Gasteiger partial charge in [0.2, 0.25) is 0 Å². The van der Waals surface area contributed by atoms with Gasteiger partial charge in [0.25, 0.3) is 0 Å². The Morgan fingerprint density at radius 2 is 1.95 bits per heavy atom. The lowest BCUT2D eigenvalue weighted by atomic mass is 10.1. The maximum Gasteiger partial charge on any atom is 0.132 e. The van der Waals surface area contributed by atoms with Gasteiger partial charge < -0.3 is 10.6 Å². The van der Waals surface area contributed by atoms with E-state index < -0.39 is 0 Å². The number of halogens is 2. The van der Waals surface area contributed by atoms with Crippen molar-refractivity contribution in [2.75, 3.05) is 17.7 Å². The van der Waals surface area contributed by atoms with E-state index >= 15 is 0 Å². The van der Waals surface area contributed by atoms with Crippen LogP contribution in [-0.4, -0.2) is 7.05 Å². The fraction of sp³-hybridized carbons (Fsp3) is 0.0667. The van der Waals surface area contributed by atoms with Crippen molar-refractivity contribution in [1.82, 2.24) is 0 Å². The van der Waals surface area contributed by atoms with Gasteiger partial charge in [-0.05, 0) is 30.3 Å². The molecule has 0 aliphatic carbocycles. The Morgan fingerprint density at radius 3 is 2.63 bits per heavy atom. The van der Waals surface area contributed by atoms with Crippen molar-refractivity contribution in [3.05, 3.63) is 65.4 Å². The second-order valence-electron chi connectivity index (χ2n) is 4.03. The predicted molar refractivity (Wildman–Crippen MR) is 80.1 cm³/mol. The molecule has 0 atom stereocenters. The molecule has 4 heteroatoms. The molecule has 0 saturated carbocycles. The molecule has 0 aromatic heterocycles. The zero-order valence-electron chi connectivity index (χ0n) is 10.5. The van der Waals surface area contributed by atoms with Crippen LogP contribution in [0.2, 0.25) is 5.02 Å². The normalized spacial score (nSPS) is 10.1. The number of hydrogen-bond acceptors (Lipinski definition) is 2. The fourth-order valence-corrected chi connectivity index (χ4v) is 1.88. The Kier molecular flexibility index (Phi) is 4.07.